The summed E-state index contributed by atoms with van der Waals surface area (Å²) in [5.41, 5.74) is -0.0798. The van der Waals surface area contributed by atoms with Gasteiger partial charge in [-0.2, -0.15) is 0 Å². The van der Waals surface area contributed by atoms with Crippen LogP contribution in [0.3, 0.4) is 0 Å². The molecule has 0 aliphatic carbocycles. The lowest BCUT2D eigenvalue weighted by Gasteiger charge is -2.48. The lowest BCUT2D eigenvalue weighted by atomic mass is 10.0. The van der Waals surface area contributed by atoms with E-state index in [1.807, 2.05) is 0 Å². The molecular weight excluding hydrogens is 572 g/mol. The number of esters is 1. The summed E-state index contributed by atoms with van der Waals surface area (Å²) in [5.74, 6) is -3.30. The third-order valence-corrected chi connectivity index (χ3v) is 7.30. The zero-order valence-corrected chi connectivity index (χ0v) is 21.7. The average molecular weight is 591 g/mol. The van der Waals surface area contributed by atoms with E-state index in [9.17, 15) is 34.1 Å². The number of carbonyl (C=O) groups excluding carboxylic acids is 4. The molecule has 1 aromatic heterocycles. The second kappa shape index (κ2) is 12.3. The van der Waals surface area contributed by atoms with E-state index in [1.165, 1.54) is 52.4 Å². The first kappa shape index (κ1) is 28.2. The molecule has 1 saturated heterocycles. The van der Waals surface area contributed by atoms with Crippen LogP contribution in [0.25, 0.3) is 0 Å². The summed E-state index contributed by atoms with van der Waals surface area (Å²) in [4.78, 5) is 80.3. The number of hydrogen-bond acceptors (Lipinski definition) is 13. The molecular formula is C22H18N6O10S2. The van der Waals surface area contributed by atoms with Crippen molar-refractivity contribution in [3.8, 4) is 0 Å². The van der Waals surface area contributed by atoms with Crippen molar-refractivity contribution < 1.29 is 43.6 Å². The molecule has 3 amide bonds. The van der Waals surface area contributed by atoms with E-state index >= 15 is 0 Å². The number of aromatic nitrogens is 1. The highest BCUT2D eigenvalue weighted by molar-refractivity contribution is 8.00. The number of rotatable bonds is 12. The number of carbonyl (C=O) groups is 5. The Labute approximate surface area is 232 Å². The molecule has 0 spiro atoms. The number of nitrogens with zero attached hydrogens (tertiary/aromatic N) is 4. The van der Waals surface area contributed by atoms with Crippen LogP contribution in [-0.4, -0.2) is 79.6 Å². The minimum Gasteiger partial charge on any atom is -0.479 e. The van der Waals surface area contributed by atoms with Gasteiger partial charge in [0.1, 0.15) is 29.4 Å². The smallest absolute Gasteiger partial charge is 0.355 e. The van der Waals surface area contributed by atoms with Crippen LogP contribution in [0.5, 0.6) is 0 Å². The van der Waals surface area contributed by atoms with Gasteiger partial charge in [0.2, 0.25) is 13.0 Å². The summed E-state index contributed by atoms with van der Waals surface area (Å²) < 4.78 is 5.28. The molecule has 0 bridgehead atoms. The fourth-order valence-corrected chi connectivity index (χ4v) is 5.38. The fourth-order valence-electron chi connectivity index (χ4n) is 3.53. The molecule has 16 nitrogen and oxygen atoms in total. The topological polar surface area (TPSA) is 220 Å². The Morgan fingerprint density at radius 2 is 2.05 bits per heavy atom. The summed E-state index contributed by atoms with van der Waals surface area (Å²) in [7, 11) is 0. The quantitative estimate of drug-likeness (QED) is 0.0766. The van der Waals surface area contributed by atoms with Crippen molar-refractivity contribution in [2.45, 2.75) is 18.0 Å². The number of aliphatic carboxylic acids is 1. The monoisotopic (exact) mass is 590 g/mol. The zero-order chi connectivity index (χ0) is 28.8. The molecule has 1 fully saturated rings. The summed E-state index contributed by atoms with van der Waals surface area (Å²) in [6.07, 6.45) is 1.89. The number of nitro benzene ring substituents is 1. The number of hydrogen-bond donors (Lipinski definition) is 3. The SMILES string of the molecule is O=CNc1nc(/C(=N\OCC(=O)O)C(=O)NC2C(=O)N3C(C(=O)OCc4ccc([N+](=O)[O-])cc4)=CCS[C@H]23)cs1. The lowest BCUT2D eigenvalue weighted by molar-refractivity contribution is -0.384. The van der Waals surface area contributed by atoms with Crippen molar-refractivity contribution in [2.24, 2.45) is 5.16 Å². The second-order valence-corrected chi connectivity index (χ2v) is 9.89. The molecule has 1 unspecified atom stereocenters. The van der Waals surface area contributed by atoms with E-state index in [1.54, 1.807) is 0 Å². The van der Waals surface area contributed by atoms with Gasteiger partial charge in [0, 0.05) is 23.3 Å². The van der Waals surface area contributed by atoms with E-state index in [2.05, 4.69) is 20.8 Å². The van der Waals surface area contributed by atoms with Gasteiger partial charge in [-0.3, -0.25) is 29.4 Å². The number of ether oxygens (including phenoxy) is 1. The number of non-ortho nitro benzene ring substituents is 1. The number of oxime groups is 1. The van der Waals surface area contributed by atoms with Crippen LogP contribution >= 0.6 is 23.1 Å². The molecule has 2 aliphatic rings. The van der Waals surface area contributed by atoms with Crippen molar-refractivity contribution in [3.63, 3.8) is 0 Å². The normalized spacial score (nSPS) is 18.0. The number of fused-ring (bicyclic) bond motifs is 1. The number of anilines is 1. The highest BCUT2D eigenvalue weighted by Gasteiger charge is 2.53. The number of carboxylic acids is 1. The number of thiazole rings is 1. The number of carboxylic acid groups (broad SMARTS) is 1. The molecule has 1 aromatic carbocycles. The van der Waals surface area contributed by atoms with E-state index in [-0.39, 0.29) is 28.8 Å². The van der Waals surface area contributed by atoms with Crippen LogP contribution in [0.1, 0.15) is 11.3 Å². The largest absolute Gasteiger partial charge is 0.479 e. The number of amides is 3. The Bertz CT molecular complexity index is 1420. The van der Waals surface area contributed by atoms with Gasteiger partial charge in [-0.05, 0) is 23.8 Å². The molecule has 3 heterocycles. The Kier molecular flexibility index (Phi) is 8.70. The van der Waals surface area contributed by atoms with Crippen molar-refractivity contribution in [2.75, 3.05) is 17.7 Å². The first-order valence-corrected chi connectivity index (χ1v) is 13.1. The third-order valence-electron chi connectivity index (χ3n) is 5.35. The number of β-lactam (4-membered cyclic amide) rings is 1. The van der Waals surface area contributed by atoms with E-state index in [4.69, 9.17) is 14.7 Å². The molecule has 2 aliphatic heterocycles. The van der Waals surface area contributed by atoms with Gasteiger partial charge in [0.25, 0.3) is 17.5 Å². The molecule has 40 heavy (non-hydrogen) atoms. The molecule has 0 radical (unpaired) electrons. The van der Waals surface area contributed by atoms with Crippen LogP contribution in [-0.2, 0) is 40.2 Å². The van der Waals surface area contributed by atoms with Crippen molar-refractivity contribution in [1.29, 1.82) is 0 Å². The van der Waals surface area contributed by atoms with Gasteiger partial charge in [0.05, 0.1) is 4.92 Å². The second-order valence-electron chi connectivity index (χ2n) is 7.88. The van der Waals surface area contributed by atoms with E-state index in [0.717, 1.165) is 11.3 Å². The Balaban J connectivity index is 1.41. The molecule has 3 N–H and O–H groups in total. The molecule has 2 aromatic rings. The summed E-state index contributed by atoms with van der Waals surface area (Å²) >= 11 is 2.25. The van der Waals surface area contributed by atoms with Gasteiger partial charge in [0.15, 0.2) is 10.8 Å². The summed E-state index contributed by atoms with van der Waals surface area (Å²) in [6, 6.07) is 4.38. The standard InChI is InChI=1S/C22H18N6O10S2/c29-10-23-22-24-13(9-40-22)16(26-38-8-15(30)31)18(32)25-17-19(33)27-14(5-6-39-20(17)27)21(34)37-7-11-1-3-12(4-2-11)28(35)36/h1-5,9-10,17,20H,6-8H2,(H,25,32)(H,30,31)(H,23,24,29)/b26-16+/t17?,20-/m1/s1. The van der Waals surface area contributed by atoms with Crippen LogP contribution in [0, 0.1) is 10.1 Å². The molecule has 4 rings (SSSR count). The van der Waals surface area contributed by atoms with Crippen LogP contribution in [0.4, 0.5) is 10.8 Å². The van der Waals surface area contributed by atoms with Crippen LogP contribution < -0.4 is 10.6 Å². The van der Waals surface area contributed by atoms with Gasteiger partial charge in [-0.1, -0.05) is 5.16 Å². The summed E-state index contributed by atoms with van der Waals surface area (Å²) in [6.45, 7) is -1.02. The molecule has 2 atom stereocenters. The van der Waals surface area contributed by atoms with Gasteiger partial charge >= 0.3 is 11.9 Å². The summed E-state index contributed by atoms with van der Waals surface area (Å²) in [5, 5.41) is 28.8. The van der Waals surface area contributed by atoms with Gasteiger partial charge in [-0.15, -0.1) is 23.1 Å². The van der Waals surface area contributed by atoms with Crippen LogP contribution in [0.15, 0.2) is 46.6 Å². The Hall–Kier alpha value is -4.84. The first-order chi connectivity index (χ1) is 19.2. The highest BCUT2D eigenvalue weighted by atomic mass is 32.2. The lowest BCUT2D eigenvalue weighted by Crippen LogP contribution is -2.70. The number of thioether (sulfide) groups is 1. The maximum absolute atomic E-state index is 13.0. The molecule has 0 saturated carbocycles. The van der Waals surface area contributed by atoms with Gasteiger partial charge < -0.3 is 25.3 Å². The Morgan fingerprint density at radius 1 is 1.30 bits per heavy atom. The first-order valence-electron chi connectivity index (χ1n) is 11.1. The molecule has 208 valence electrons. The predicted octanol–water partition coefficient (Wildman–Crippen LogP) is 0.452. The predicted molar refractivity (Wildman–Crippen MR) is 138 cm³/mol. The van der Waals surface area contributed by atoms with E-state index in [0.29, 0.717) is 17.7 Å². The number of nitrogens with one attached hydrogen (secondary N) is 2. The minimum absolute atomic E-state index is 0.0103. The number of benzene rings is 1. The van der Waals surface area contributed by atoms with Gasteiger partial charge in [-0.25, -0.2) is 14.6 Å². The third kappa shape index (κ3) is 6.24. The Morgan fingerprint density at radius 3 is 2.73 bits per heavy atom. The average Bonchev–Trinajstić information content (AvgIpc) is 3.40. The van der Waals surface area contributed by atoms with Crippen molar-refractivity contribution in [1.82, 2.24) is 15.2 Å². The van der Waals surface area contributed by atoms with Crippen LogP contribution in [0.2, 0.25) is 0 Å². The fraction of sp³-hybridized carbons (Fsp3) is 0.227. The van der Waals surface area contributed by atoms with Crippen molar-refractivity contribution >= 4 is 69.8 Å². The maximum atomic E-state index is 13.0. The zero-order valence-electron chi connectivity index (χ0n) is 20.0. The minimum atomic E-state index is -1.34. The number of nitro groups is 1. The van der Waals surface area contributed by atoms with Crippen molar-refractivity contribution in [3.05, 3.63) is 62.8 Å². The van der Waals surface area contributed by atoms with E-state index < -0.39 is 52.4 Å². The highest BCUT2D eigenvalue weighted by Crippen LogP contribution is 2.38. The molecule has 18 heteroatoms. The maximum Gasteiger partial charge on any atom is 0.355 e.